The Hall–Kier alpha value is -1.52. The van der Waals surface area contributed by atoms with Crippen molar-refractivity contribution in [2.24, 2.45) is 5.92 Å². The maximum absolute atomic E-state index is 13.2. The molecule has 1 aromatic carbocycles. The second kappa shape index (κ2) is 5.23. The zero-order chi connectivity index (χ0) is 14.2. The van der Waals surface area contributed by atoms with E-state index in [4.69, 9.17) is 0 Å². The molecule has 0 radical (unpaired) electrons. The van der Waals surface area contributed by atoms with Gasteiger partial charge in [-0.2, -0.15) is 0 Å². The minimum atomic E-state index is -1.54. The molecule has 104 valence electrons. The van der Waals surface area contributed by atoms with E-state index in [-0.39, 0.29) is 17.5 Å². The Morgan fingerprint density at radius 3 is 2.21 bits per heavy atom. The van der Waals surface area contributed by atoms with E-state index in [2.05, 4.69) is 0 Å². The van der Waals surface area contributed by atoms with Crippen LogP contribution in [0.3, 0.4) is 0 Å². The molecule has 0 aliphatic heterocycles. The fourth-order valence-corrected chi connectivity index (χ4v) is 2.02. The van der Waals surface area contributed by atoms with Crippen LogP contribution in [0, 0.1) is 23.4 Å². The van der Waals surface area contributed by atoms with E-state index in [9.17, 15) is 18.0 Å². The number of hydrogen-bond donors (Lipinski definition) is 0. The summed E-state index contributed by atoms with van der Waals surface area (Å²) in [5, 5.41) is 0. The Labute approximate surface area is 110 Å². The van der Waals surface area contributed by atoms with E-state index in [1.807, 2.05) is 13.8 Å². The van der Waals surface area contributed by atoms with Gasteiger partial charge in [0.15, 0.2) is 17.5 Å². The highest BCUT2D eigenvalue weighted by Crippen LogP contribution is 2.29. The molecule has 0 unspecified atom stereocenters. The van der Waals surface area contributed by atoms with Gasteiger partial charge in [0.05, 0.1) is 0 Å². The highest BCUT2D eigenvalue weighted by atomic mass is 19.2. The molecule has 0 aromatic heterocycles. The van der Waals surface area contributed by atoms with E-state index in [1.165, 1.54) is 0 Å². The molecule has 0 N–H and O–H groups in total. The zero-order valence-corrected chi connectivity index (χ0v) is 10.9. The Morgan fingerprint density at radius 1 is 1.26 bits per heavy atom. The largest absolute Gasteiger partial charge is 0.335 e. The van der Waals surface area contributed by atoms with E-state index in [1.54, 1.807) is 4.90 Å². The van der Waals surface area contributed by atoms with Gasteiger partial charge in [-0.25, -0.2) is 13.2 Å². The van der Waals surface area contributed by atoms with Gasteiger partial charge in [-0.05, 0) is 30.9 Å². The number of rotatable bonds is 4. The smallest absolute Gasteiger partial charge is 0.254 e. The molecule has 0 atom stereocenters. The van der Waals surface area contributed by atoms with Crippen LogP contribution in [0.1, 0.15) is 37.0 Å². The predicted octanol–water partition coefficient (Wildman–Crippen LogP) is 3.36. The molecular formula is C14H16F3NO. The van der Waals surface area contributed by atoms with Crippen LogP contribution in [0.15, 0.2) is 12.1 Å². The molecule has 1 aliphatic carbocycles. The molecule has 19 heavy (non-hydrogen) atoms. The number of benzene rings is 1. The Balaban J connectivity index is 2.26. The van der Waals surface area contributed by atoms with Crippen LogP contribution in [0.4, 0.5) is 13.2 Å². The van der Waals surface area contributed by atoms with Gasteiger partial charge in [-0.1, -0.05) is 13.8 Å². The molecule has 1 aromatic rings. The predicted molar refractivity (Wildman–Crippen MR) is 65.2 cm³/mol. The summed E-state index contributed by atoms with van der Waals surface area (Å²) in [7, 11) is 0. The summed E-state index contributed by atoms with van der Waals surface area (Å²) in [6.45, 7) is 4.47. The molecule has 0 heterocycles. The van der Waals surface area contributed by atoms with Crippen molar-refractivity contribution >= 4 is 5.91 Å². The third-order valence-electron chi connectivity index (χ3n) is 3.04. The molecule has 0 spiro atoms. The minimum absolute atomic E-state index is 0.135. The van der Waals surface area contributed by atoms with Crippen molar-refractivity contribution < 1.29 is 18.0 Å². The average molecular weight is 271 g/mol. The lowest BCUT2D eigenvalue weighted by atomic mass is 10.1. The topological polar surface area (TPSA) is 20.3 Å². The normalized spacial score (nSPS) is 14.8. The summed E-state index contributed by atoms with van der Waals surface area (Å²) in [4.78, 5) is 13.9. The van der Waals surface area contributed by atoms with Crippen LogP contribution in [0.2, 0.25) is 0 Å². The van der Waals surface area contributed by atoms with Crippen molar-refractivity contribution in [2.45, 2.75) is 32.7 Å². The summed E-state index contributed by atoms with van der Waals surface area (Å²) in [5.41, 5.74) is -0.135. The molecule has 5 heteroatoms. The monoisotopic (exact) mass is 271 g/mol. The minimum Gasteiger partial charge on any atom is -0.335 e. The van der Waals surface area contributed by atoms with Crippen molar-refractivity contribution in [3.63, 3.8) is 0 Å². The first kappa shape index (κ1) is 13.9. The van der Waals surface area contributed by atoms with Crippen molar-refractivity contribution in [3.05, 3.63) is 35.1 Å². The van der Waals surface area contributed by atoms with Crippen molar-refractivity contribution in [1.29, 1.82) is 0 Å². The molecule has 1 aliphatic rings. The van der Waals surface area contributed by atoms with Crippen LogP contribution >= 0.6 is 0 Å². The Kier molecular flexibility index (Phi) is 3.83. The third-order valence-corrected chi connectivity index (χ3v) is 3.04. The fourth-order valence-electron chi connectivity index (χ4n) is 2.02. The lowest BCUT2D eigenvalue weighted by Crippen LogP contribution is -2.36. The van der Waals surface area contributed by atoms with Gasteiger partial charge in [0, 0.05) is 18.2 Å². The SMILES string of the molecule is CC(C)CN(C(=O)c1cc(F)c(F)c(F)c1)C1CC1. The van der Waals surface area contributed by atoms with Crippen LogP contribution < -0.4 is 0 Å². The second-order valence-electron chi connectivity index (χ2n) is 5.34. The molecule has 1 fully saturated rings. The number of nitrogens with zero attached hydrogens (tertiary/aromatic N) is 1. The van der Waals surface area contributed by atoms with Crippen LogP contribution in [-0.2, 0) is 0 Å². The lowest BCUT2D eigenvalue weighted by Gasteiger charge is -2.24. The maximum Gasteiger partial charge on any atom is 0.254 e. The zero-order valence-electron chi connectivity index (χ0n) is 10.9. The number of hydrogen-bond acceptors (Lipinski definition) is 1. The highest BCUT2D eigenvalue weighted by Gasteiger charge is 2.33. The molecular weight excluding hydrogens is 255 g/mol. The van der Waals surface area contributed by atoms with Crippen molar-refractivity contribution in [3.8, 4) is 0 Å². The summed E-state index contributed by atoms with van der Waals surface area (Å²) in [6, 6.07) is 1.67. The van der Waals surface area contributed by atoms with E-state index in [0.29, 0.717) is 6.54 Å². The quantitative estimate of drug-likeness (QED) is 0.769. The van der Waals surface area contributed by atoms with E-state index in [0.717, 1.165) is 25.0 Å². The van der Waals surface area contributed by atoms with Gasteiger partial charge in [0.1, 0.15) is 0 Å². The van der Waals surface area contributed by atoms with E-state index < -0.39 is 23.4 Å². The van der Waals surface area contributed by atoms with Gasteiger partial charge in [0.2, 0.25) is 0 Å². The third kappa shape index (κ3) is 3.08. The van der Waals surface area contributed by atoms with Crippen LogP contribution in [-0.4, -0.2) is 23.4 Å². The molecule has 2 rings (SSSR count). The summed E-state index contributed by atoms with van der Waals surface area (Å²) in [5.74, 6) is -4.38. The molecule has 0 saturated heterocycles. The number of amides is 1. The molecule has 0 bridgehead atoms. The number of carbonyl (C=O) groups excluding carboxylic acids is 1. The number of halogens is 3. The summed E-state index contributed by atoms with van der Waals surface area (Å²) < 4.78 is 39.2. The van der Waals surface area contributed by atoms with Gasteiger partial charge in [-0.15, -0.1) is 0 Å². The summed E-state index contributed by atoms with van der Waals surface area (Å²) in [6.07, 6.45) is 1.81. The van der Waals surface area contributed by atoms with Gasteiger partial charge in [0.25, 0.3) is 5.91 Å². The number of carbonyl (C=O) groups is 1. The van der Waals surface area contributed by atoms with Gasteiger partial charge >= 0.3 is 0 Å². The first-order valence-corrected chi connectivity index (χ1v) is 6.35. The molecule has 1 saturated carbocycles. The highest BCUT2D eigenvalue weighted by molar-refractivity contribution is 5.94. The summed E-state index contributed by atoms with van der Waals surface area (Å²) >= 11 is 0. The van der Waals surface area contributed by atoms with Gasteiger partial charge in [-0.3, -0.25) is 4.79 Å². The molecule has 1 amide bonds. The second-order valence-corrected chi connectivity index (χ2v) is 5.34. The Bertz CT molecular complexity index is 474. The van der Waals surface area contributed by atoms with Crippen molar-refractivity contribution in [2.75, 3.05) is 6.54 Å². The van der Waals surface area contributed by atoms with Crippen LogP contribution in [0.5, 0.6) is 0 Å². The first-order valence-electron chi connectivity index (χ1n) is 6.35. The average Bonchev–Trinajstić information content (AvgIpc) is 3.15. The molecule has 2 nitrogen and oxygen atoms in total. The van der Waals surface area contributed by atoms with E-state index >= 15 is 0 Å². The maximum atomic E-state index is 13.2. The fraction of sp³-hybridized carbons (Fsp3) is 0.500. The first-order chi connectivity index (χ1) is 8.90. The standard InChI is InChI=1S/C14H16F3NO/c1-8(2)7-18(10-3-4-10)14(19)9-5-11(15)13(17)12(16)6-9/h5-6,8,10H,3-4,7H2,1-2H3. The van der Waals surface area contributed by atoms with Gasteiger partial charge < -0.3 is 4.90 Å². The Morgan fingerprint density at radius 2 is 1.79 bits per heavy atom. The lowest BCUT2D eigenvalue weighted by molar-refractivity contribution is 0.0721. The van der Waals surface area contributed by atoms with Crippen LogP contribution in [0.25, 0.3) is 0 Å². The van der Waals surface area contributed by atoms with Crippen molar-refractivity contribution in [1.82, 2.24) is 4.90 Å².